The molecule has 82 valence electrons. The number of rotatable bonds is 3. The van der Waals surface area contributed by atoms with Gasteiger partial charge in [-0.05, 0) is 6.92 Å². The number of hydrogen-bond acceptors (Lipinski definition) is 4. The standard InChI is InChI=1S/C9H9F2NO2S/c1-2-14-8(13)6-5(9(6,10)11)7-12-3-4-15-7/h3-6H,2H2,1H3/t5-,6-/m0/s1. The molecule has 0 unspecified atom stereocenters. The molecule has 0 bridgehead atoms. The first-order valence-electron chi connectivity index (χ1n) is 4.52. The predicted octanol–water partition coefficient (Wildman–Crippen LogP) is 2.05. The highest BCUT2D eigenvalue weighted by Crippen LogP contribution is 2.62. The van der Waals surface area contributed by atoms with Crippen LogP contribution in [0, 0.1) is 5.92 Å². The van der Waals surface area contributed by atoms with Gasteiger partial charge in [0.25, 0.3) is 5.92 Å². The highest BCUT2D eigenvalue weighted by molar-refractivity contribution is 7.09. The van der Waals surface area contributed by atoms with Gasteiger partial charge in [0.05, 0.1) is 12.5 Å². The Morgan fingerprint density at radius 1 is 1.73 bits per heavy atom. The van der Waals surface area contributed by atoms with Crippen LogP contribution in [-0.2, 0) is 9.53 Å². The Kier molecular flexibility index (Phi) is 2.46. The molecular formula is C9H9F2NO2S. The normalized spacial score (nSPS) is 27.4. The van der Waals surface area contributed by atoms with Gasteiger partial charge in [0.2, 0.25) is 0 Å². The number of carbonyl (C=O) groups excluding carboxylic acids is 1. The lowest BCUT2D eigenvalue weighted by Gasteiger charge is -1.97. The molecule has 1 aromatic rings. The molecule has 1 heterocycles. The van der Waals surface area contributed by atoms with Gasteiger partial charge in [-0.3, -0.25) is 4.79 Å². The first kappa shape index (κ1) is 10.5. The van der Waals surface area contributed by atoms with E-state index >= 15 is 0 Å². The van der Waals surface area contributed by atoms with Crippen molar-refractivity contribution < 1.29 is 18.3 Å². The predicted molar refractivity (Wildman–Crippen MR) is 49.9 cm³/mol. The summed E-state index contributed by atoms with van der Waals surface area (Å²) >= 11 is 1.14. The molecule has 0 radical (unpaired) electrons. The van der Waals surface area contributed by atoms with Crippen LogP contribution in [0.3, 0.4) is 0 Å². The third-order valence-corrected chi connectivity index (χ3v) is 3.17. The minimum Gasteiger partial charge on any atom is -0.466 e. The van der Waals surface area contributed by atoms with Crippen LogP contribution in [0.15, 0.2) is 11.6 Å². The fraction of sp³-hybridized carbons (Fsp3) is 0.556. The van der Waals surface area contributed by atoms with Crippen LogP contribution >= 0.6 is 11.3 Å². The maximum absolute atomic E-state index is 13.3. The maximum atomic E-state index is 13.3. The monoisotopic (exact) mass is 233 g/mol. The zero-order valence-electron chi connectivity index (χ0n) is 7.94. The van der Waals surface area contributed by atoms with E-state index in [-0.39, 0.29) is 6.61 Å². The Labute approximate surface area is 89.1 Å². The SMILES string of the molecule is CCOC(=O)[C@@H]1[C@@H](c2nccs2)C1(F)F. The molecular weight excluding hydrogens is 224 g/mol. The first-order valence-corrected chi connectivity index (χ1v) is 5.40. The molecule has 15 heavy (non-hydrogen) atoms. The van der Waals surface area contributed by atoms with Crippen molar-refractivity contribution in [3.8, 4) is 0 Å². The summed E-state index contributed by atoms with van der Waals surface area (Å²) < 4.78 is 31.1. The second kappa shape index (κ2) is 3.52. The lowest BCUT2D eigenvalue weighted by atomic mass is 10.3. The molecule has 0 amide bonds. The van der Waals surface area contributed by atoms with E-state index in [2.05, 4.69) is 9.72 Å². The summed E-state index contributed by atoms with van der Waals surface area (Å²) in [6, 6.07) is 0. The van der Waals surface area contributed by atoms with E-state index in [1.54, 1.807) is 12.3 Å². The van der Waals surface area contributed by atoms with Gasteiger partial charge < -0.3 is 4.74 Å². The van der Waals surface area contributed by atoms with Gasteiger partial charge in [0.15, 0.2) is 0 Å². The smallest absolute Gasteiger partial charge is 0.316 e. The van der Waals surface area contributed by atoms with Crippen molar-refractivity contribution >= 4 is 17.3 Å². The van der Waals surface area contributed by atoms with Crippen molar-refractivity contribution in [3.63, 3.8) is 0 Å². The Balaban J connectivity index is 2.13. The number of thiazole rings is 1. The average molecular weight is 233 g/mol. The van der Waals surface area contributed by atoms with Gasteiger partial charge in [0.1, 0.15) is 10.9 Å². The number of carbonyl (C=O) groups is 1. The molecule has 1 aromatic heterocycles. The number of nitrogens with zero attached hydrogens (tertiary/aromatic N) is 1. The summed E-state index contributed by atoms with van der Waals surface area (Å²) in [5.41, 5.74) is 0. The fourth-order valence-electron chi connectivity index (χ4n) is 1.55. The first-order chi connectivity index (χ1) is 7.09. The minimum absolute atomic E-state index is 0.121. The summed E-state index contributed by atoms with van der Waals surface area (Å²) in [7, 11) is 0. The third-order valence-electron chi connectivity index (χ3n) is 2.31. The lowest BCUT2D eigenvalue weighted by molar-refractivity contribution is -0.147. The average Bonchev–Trinajstić information content (AvgIpc) is 2.59. The Morgan fingerprint density at radius 2 is 2.47 bits per heavy atom. The molecule has 1 fully saturated rings. The van der Waals surface area contributed by atoms with Crippen LogP contribution < -0.4 is 0 Å². The Bertz CT molecular complexity index is 366. The molecule has 3 nitrogen and oxygen atoms in total. The number of aromatic nitrogens is 1. The van der Waals surface area contributed by atoms with E-state index in [0.717, 1.165) is 11.3 Å². The zero-order chi connectivity index (χ0) is 11.1. The van der Waals surface area contributed by atoms with Gasteiger partial charge in [-0.25, -0.2) is 13.8 Å². The number of halogens is 2. The van der Waals surface area contributed by atoms with E-state index in [1.165, 1.54) is 6.20 Å². The molecule has 2 rings (SSSR count). The van der Waals surface area contributed by atoms with Gasteiger partial charge in [-0.2, -0.15) is 0 Å². The summed E-state index contributed by atoms with van der Waals surface area (Å²) in [5, 5.41) is 1.92. The number of esters is 1. The quantitative estimate of drug-likeness (QED) is 0.750. The minimum atomic E-state index is -3.00. The van der Waals surface area contributed by atoms with E-state index in [4.69, 9.17) is 0 Å². The molecule has 1 aliphatic carbocycles. The van der Waals surface area contributed by atoms with Gasteiger partial charge in [-0.15, -0.1) is 11.3 Å². The number of ether oxygens (including phenoxy) is 1. The van der Waals surface area contributed by atoms with Crippen molar-refractivity contribution in [2.75, 3.05) is 6.61 Å². The van der Waals surface area contributed by atoms with Gasteiger partial charge >= 0.3 is 5.97 Å². The third kappa shape index (κ3) is 1.62. The largest absolute Gasteiger partial charge is 0.466 e. The molecule has 0 aromatic carbocycles. The molecule has 2 atom stereocenters. The molecule has 0 N–H and O–H groups in total. The molecule has 0 aliphatic heterocycles. The van der Waals surface area contributed by atoms with Crippen LogP contribution in [0.25, 0.3) is 0 Å². The zero-order valence-corrected chi connectivity index (χ0v) is 8.76. The second-order valence-corrected chi connectivity index (χ2v) is 4.18. The second-order valence-electron chi connectivity index (χ2n) is 3.25. The molecule has 6 heteroatoms. The van der Waals surface area contributed by atoms with Crippen molar-refractivity contribution in [2.24, 2.45) is 5.92 Å². The van der Waals surface area contributed by atoms with Crippen molar-refractivity contribution in [1.82, 2.24) is 4.98 Å². The van der Waals surface area contributed by atoms with Gasteiger partial charge in [-0.1, -0.05) is 0 Å². The van der Waals surface area contributed by atoms with Crippen LogP contribution in [0.2, 0.25) is 0 Å². The topological polar surface area (TPSA) is 39.2 Å². The number of alkyl halides is 2. The van der Waals surface area contributed by atoms with Crippen LogP contribution in [-0.4, -0.2) is 23.5 Å². The van der Waals surface area contributed by atoms with Crippen molar-refractivity contribution in [1.29, 1.82) is 0 Å². The fourth-order valence-corrected chi connectivity index (χ4v) is 2.37. The van der Waals surface area contributed by atoms with E-state index < -0.39 is 23.7 Å². The highest BCUT2D eigenvalue weighted by atomic mass is 32.1. The summed E-state index contributed by atoms with van der Waals surface area (Å²) in [6.07, 6.45) is 1.45. The van der Waals surface area contributed by atoms with Crippen LogP contribution in [0.1, 0.15) is 17.8 Å². The summed E-state index contributed by atoms with van der Waals surface area (Å²) in [4.78, 5) is 15.0. The molecule has 0 spiro atoms. The maximum Gasteiger partial charge on any atom is 0.316 e. The highest BCUT2D eigenvalue weighted by Gasteiger charge is 2.74. The molecule has 1 aliphatic rings. The van der Waals surface area contributed by atoms with E-state index in [0.29, 0.717) is 5.01 Å². The number of hydrogen-bond donors (Lipinski definition) is 0. The van der Waals surface area contributed by atoms with Crippen LogP contribution in [0.4, 0.5) is 8.78 Å². The summed E-state index contributed by atoms with van der Waals surface area (Å²) in [6.45, 7) is 1.72. The summed E-state index contributed by atoms with van der Waals surface area (Å²) in [5.74, 6) is -6.26. The molecule has 1 saturated carbocycles. The van der Waals surface area contributed by atoms with E-state index in [9.17, 15) is 13.6 Å². The Hall–Kier alpha value is -1.04. The van der Waals surface area contributed by atoms with Crippen LogP contribution in [0.5, 0.6) is 0 Å². The van der Waals surface area contributed by atoms with Crippen molar-refractivity contribution in [3.05, 3.63) is 16.6 Å². The molecule has 0 saturated heterocycles. The Morgan fingerprint density at radius 3 is 3.00 bits per heavy atom. The lowest BCUT2D eigenvalue weighted by Crippen LogP contribution is -2.11. The van der Waals surface area contributed by atoms with Crippen molar-refractivity contribution in [2.45, 2.75) is 18.8 Å². The van der Waals surface area contributed by atoms with E-state index in [1.807, 2.05) is 0 Å². The van der Waals surface area contributed by atoms with Gasteiger partial charge in [0, 0.05) is 11.6 Å².